The summed E-state index contributed by atoms with van der Waals surface area (Å²) in [6, 6.07) is 5.11. The van der Waals surface area contributed by atoms with E-state index in [4.69, 9.17) is 0 Å². The number of aromatic nitrogens is 2. The summed E-state index contributed by atoms with van der Waals surface area (Å²) in [5.41, 5.74) is 0.840. The summed E-state index contributed by atoms with van der Waals surface area (Å²) < 4.78 is 26.7. The molecular weight excluding hydrogens is 322 g/mol. The van der Waals surface area contributed by atoms with Crippen LogP contribution in [-0.2, 0) is 10.0 Å². The van der Waals surface area contributed by atoms with Gasteiger partial charge in [-0.25, -0.2) is 18.1 Å². The van der Waals surface area contributed by atoms with Gasteiger partial charge in [0.25, 0.3) is 0 Å². The van der Waals surface area contributed by atoms with Gasteiger partial charge in [-0.15, -0.1) is 11.3 Å². The number of rotatable bonds is 8. The Labute approximate surface area is 134 Å². The fourth-order valence-electron chi connectivity index (χ4n) is 1.76. The summed E-state index contributed by atoms with van der Waals surface area (Å²) >= 11 is 1.19. The average Bonchev–Trinajstić information content (AvgIpc) is 2.98. The van der Waals surface area contributed by atoms with Crippen molar-refractivity contribution < 1.29 is 8.42 Å². The molecule has 22 heavy (non-hydrogen) atoms. The van der Waals surface area contributed by atoms with E-state index in [2.05, 4.69) is 25.3 Å². The highest BCUT2D eigenvalue weighted by atomic mass is 32.2. The highest BCUT2D eigenvalue weighted by Gasteiger charge is 2.13. The molecule has 0 saturated heterocycles. The van der Waals surface area contributed by atoms with Gasteiger partial charge in [-0.3, -0.25) is 0 Å². The van der Waals surface area contributed by atoms with Crippen LogP contribution in [0.4, 0.5) is 11.8 Å². The molecule has 0 bridgehead atoms. The lowest BCUT2D eigenvalue weighted by atomic mass is 10.4. The van der Waals surface area contributed by atoms with Gasteiger partial charge in [0.05, 0.1) is 0 Å². The number of aryl methyl sites for hydroxylation is 1. The van der Waals surface area contributed by atoms with Gasteiger partial charge < -0.3 is 10.6 Å². The summed E-state index contributed by atoms with van der Waals surface area (Å²) in [7, 11) is -3.41. The highest BCUT2D eigenvalue weighted by molar-refractivity contribution is 7.91. The van der Waals surface area contributed by atoms with Crippen molar-refractivity contribution in [1.82, 2.24) is 14.7 Å². The van der Waals surface area contributed by atoms with Crippen molar-refractivity contribution in [1.29, 1.82) is 0 Å². The minimum atomic E-state index is -3.41. The summed E-state index contributed by atoms with van der Waals surface area (Å²) in [5, 5.41) is 7.87. The first kappa shape index (κ1) is 16.7. The van der Waals surface area contributed by atoms with Crippen LogP contribution in [0.2, 0.25) is 0 Å². The Hall–Kier alpha value is -1.71. The van der Waals surface area contributed by atoms with E-state index in [9.17, 15) is 8.42 Å². The van der Waals surface area contributed by atoms with Crippen LogP contribution >= 0.6 is 11.3 Å². The molecule has 0 unspecified atom stereocenters. The van der Waals surface area contributed by atoms with Gasteiger partial charge in [-0.05, 0) is 25.3 Å². The molecule has 0 saturated carbocycles. The van der Waals surface area contributed by atoms with Crippen LogP contribution < -0.4 is 15.4 Å². The molecule has 0 radical (unpaired) electrons. The van der Waals surface area contributed by atoms with Crippen LogP contribution in [0.1, 0.15) is 12.6 Å². The number of nitrogens with one attached hydrogen (secondary N) is 3. The predicted molar refractivity (Wildman–Crippen MR) is 88.9 cm³/mol. The van der Waals surface area contributed by atoms with Crippen LogP contribution in [0, 0.1) is 6.92 Å². The minimum Gasteiger partial charge on any atom is -0.369 e. The van der Waals surface area contributed by atoms with Crippen molar-refractivity contribution in [2.24, 2.45) is 0 Å². The maximum Gasteiger partial charge on any atom is 0.250 e. The molecular formula is C13H19N5O2S2. The van der Waals surface area contributed by atoms with Gasteiger partial charge in [0.15, 0.2) is 0 Å². The fraction of sp³-hybridized carbons (Fsp3) is 0.385. The molecule has 2 aromatic rings. The van der Waals surface area contributed by atoms with E-state index in [1.165, 1.54) is 11.3 Å². The number of thiophene rings is 1. The smallest absolute Gasteiger partial charge is 0.250 e. The van der Waals surface area contributed by atoms with Crippen molar-refractivity contribution in [3.63, 3.8) is 0 Å². The van der Waals surface area contributed by atoms with Crippen LogP contribution in [-0.4, -0.2) is 38.0 Å². The van der Waals surface area contributed by atoms with E-state index >= 15 is 0 Å². The SMILES string of the molecule is CCNc1nc(C)cc(NCCNS(=O)(=O)c2cccs2)n1. The molecule has 2 rings (SSSR count). The Bertz CT molecular complexity index is 701. The Morgan fingerprint density at radius 2 is 2.05 bits per heavy atom. The van der Waals surface area contributed by atoms with Gasteiger partial charge in [0.2, 0.25) is 16.0 Å². The molecule has 2 aromatic heterocycles. The Morgan fingerprint density at radius 1 is 1.23 bits per heavy atom. The van der Waals surface area contributed by atoms with Crippen molar-refractivity contribution in [2.45, 2.75) is 18.1 Å². The molecule has 7 nitrogen and oxygen atoms in total. The van der Waals surface area contributed by atoms with E-state index in [0.717, 1.165) is 12.2 Å². The van der Waals surface area contributed by atoms with Crippen molar-refractivity contribution in [2.75, 3.05) is 30.3 Å². The van der Waals surface area contributed by atoms with Crippen LogP contribution in [0.15, 0.2) is 27.8 Å². The number of anilines is 2. The third-order valence-electron chi connectivity index (χ3n) is 2.67. The Kier molecular flexibility index (Phi) is 5.69. The first-order valence-electron chi connectivity index (χ1n) is 6.88. The molecule has 2 heterocycles. The van der Waals surface area contributed by atoms with Crippen LogP contribution in [0.3, 0.4) is 0 Å². The lowest BCUT2D eigenvalue weighted by Gasteiger charge is -2.09. The van der Waals surface area contributed by atoms with Crippen molar-refractivity contribution in [3.8, 4) is 0 Å². The van der Waals surface area contributed by atoms with E-state index in [1.54, 1.807) is 17.5 Å². The van der Waals surface area contributed by atoms with Gasteiger partial charge in [-0.2, -0.15) is 4.98 Å². The second-order valence-electron chi connectivity index (χ2n) is 4.51. The second kappa shape index (κ2) is 7.52. The molecule has 0 spiro atoms. The lowest BCUT2D eigenvalue weighted by molar-refractivity contribution is 0.585. The molecule has 9 heteroatoms. The lowest BCUT2D eigenvalue weighted by Crippen LogP contribution is -2.28. The zero-order valence-corrected chi connectivity index (χ0v) is 14.1. The molecule has 0 fully saturated rings. The van der Waals surface area contributed by atoms with Crippen molar-refractivity contribution >= 4 is 33.1 Å². The van der Waals surface area contributed by atoms with Gasteiger partial charge in [-0.1, -0.05) is 6.07 Å². The molecule has 3 N–H and O–H groups in total. The van der Waals surface area contributed by atoms with Crippen molar-refractivity contribution in [3.05, 3.63) is 29.3 Å². The Balaban J connectivity index is 1.86. The minimum absolute atomic E-state index is 0.278. The maximum absolute atomic E-state index is 11.9. The largest absolute Gasteiger partial charge is 0.369 e. The first-order chi connectivity index (χ1) is 10.5. The normalized spacial score (nSPS) is 11.4. The first-order valence-corrected chi connectivity index (χ1v) is 9.24. The average molecular weight is 341 g/mol. The van der Waals surface area contributed by atoms with Gasteiger partial charge in [0.1, 0.15) is 10.0 Å². The van der Waals surface area contributed by atoms with Crippen LogP contribution in [0.25, 0.3) is 0 Å². The zero-order chi connectivity index (χ0) is 16.0. The van der Waals surface area contributed by atoms with E-state index in [-0.39, 0.29) is 6.54 Å². The quantitative estimate of drug-likeness (QED) is 0.632. The third-order valence-corrected chi connectivity index (χ3v) is 5.53. The summed E-state index contributed by atoms with van der Waals surface area (Å²) in [6.45, 7) is 5.31. The molecule has 120 valence electrons. The van der Waals surface area contributed by atoms with Crippen LogP contribution in [0.5, 0.6) is 0 Å². The second-order valence-corrected chi connectivity index (χ2v) is 7.45. The molecule has 0 aliphatic rings. The number of hydrogen-bond donors (Lipinski definition) is 3. The predicted octanol–water partition coefficient (Wildman–Crippen LogP) is 1.67. The fourth-order valence-corrected chi connectivity index (χ4v) is 3.83. The number of nitrogens with zero attached hydrogens (tertiary/aromatic N) is 2. The zero-order valence-electron chi connectivity index (χ0n) is 12.5. The Morgan fingerprint density at radius 3 is 2.73 bits per heavy atom. The van der Waals surface area contributed by atoms with E-state index in [0.29, 0.717) is 22.5 Å². The third kappa shape index (κ3) is 4.65. The molecule has 0 aliphatic heterocycles. The monoisotopic (exact) mass is 341 g/mol. The number of hydrogen-bond acceptors (Lipinski definition) is 7. The summed E-state index contributed by atoms with van der Waals surface area (Å²) in [4.78, 5) is 8.55. The summed E-state index contributed by atoms with van der Waals surface area (Å²) in [6.07, 6.45) is 0. The maximum atomic E-state index is 11.9. The molecule has 0 aromatic carbocycles. The highest BCUT2D eigenvalue weighted by Crippen LogP contribution is 2.15. The van der Waals surface area contributed by atoms with Gasteiger partial charge in [0, 0.05) is 31.4 Å². The molecule has 0 aliphatic carbocycles. The standard InChI is InChI=1S/C13H19N5O2S2/c1-3-14-13-17-10(2)9-11(18-13)15-6-7-16-22(19,20)12-5-4-8-21-12/h4-5,8-9,16H,3,6-7H2,1-2H3,(H2,14,15,17,18). The van der Waals surface area contributed by atoms with E-state index < -0.39 is 10.0 Å². The van der Waals surface area contributed by atoms with Gasteiger partial charge >= 0.3 is 0 Å². The molecule has 0 amide bonds. The van der Waals surface area contributed by atoms with E-state index in [1.807, 2.05) is 19.9 Å². The summed E-state index contributed by atoms with van der Waals surface area (Å²) in [5.74, 6) is 1.22. The molecule has 0 atom stereocenters. The number of sulfonamides is 1. The topological polar surface area (TPSA) is 96.0 Å².